The van der Waals surface area contributed by atoms with Crippen LogP contribution in [0, 0.1) is 0 Å². The van der Waals surface area contributed by atoms with Gasteiger partial charge in [-0.25, -0.2) is 0 Å². The van der Waals surface area contributed by atoms with Gasteiger partial charge >= 0.3 is 11.9 Å². The van der Waals surface area contributed by atoms with E-state index < -0.39 is 26.5 Å². The Morgan fingerprint density at radius 2 is 0.879 bits per heavy atom. The second-order valence-electron chi connectivity index (χ2n) is 17.5. The van der Waals surface area contributed by atoms with Crippen LogP contribution in [0.25, 0.3) is 0 Å². The van der Waals surface area contributed by atoms with Gasteiger partial charge in [-0.05, 0) is 64.2 Å². The van der Waals surface area contributed by atoms with E-state index in [-0.39, 0.29) is 32.0 Å². The van der Waals surface area contributed by atoms with Crippen LogP contribution in [0.2, 0.25) is 0 Å². The highest BCUT2D eigenvalue weighted by molar-refractivity contribution is 7.45. The van der Waals surface area contributed by atoms with Crippen LogP contribution in [-0.4, -0.2) is 70.0 Å². The summed E-state index contributed by atoms with van der Waals surface area (Å²) in [6, 6.07) is 0. The maximum Gasteiger partial charge on any atom is 0.306 e. The summed E-state index contributed by atoms with van der Waals surface area (Å²) in [5.74, 6) is -0.847. The molecule has 0 amide bonds. The molecule has 0 spiro atoms. The summed E-state index contributed by atoms with van der Waals surface area (Å²) in [5, 5.41) is 0. The summed E-state index contributed by atoms with van der Waals surface area (Å²) < 4.78 is 33.9. The van der Waals surface area contributed by atoms with Crippen molar-refractivity contribution < 1.29 is 42.1 Å². The van der Waals surface area contributed by atoms with Crippen LogP contribution in [0.1, 0.15) is 219 Å². The number of esters is 2. The lowest BCUT2D eigenvalue weighted by molar-refractivity contribution is -0.870. The van der Waals surface area contributed by atoms with E-state index >= 15 is 0 Å². The molecule has 0 saturated carbocycles. The fraction of sp³-hybridized carbons (Fsp3) is 0.875. The molecular weight excluding hydrogens is 750 g/mol. The van der Waals surface area contributed by atoms with Crippen LogP contribution in [0.15, 0.2) is 24.3 Å². The van der Waals surface area contributed by atoms with Gasteiger partial charge in [0, 0.05) is 12.8 Å². The number of hydrogen-bond donors (Lipinski definition) is 0. The molecule has 0 aromatic heterocycles. The molecule has 1 unspecified atom stereocenters. The van der Waals surface area contributed by atoms with Crippen molar-refractivity contribution in [3.8, 4) is 0 Å². The predicted molar refractivity (Wildman–Crippen MR) is 241 cm³/mol. The van der Waals surface area contributed by atoms with Crippen molar-refractivity contribution >= 4 is 19.8 Å². The molecule has 0 N–H and O–H groups in total. The molecule has 10 heteroatoms. The molecular formula is C48H92NO8P. The zero-order valence-corrected chi connectivity index (χ0v) is 39.4. The van der Waals surface area contributed by atoms with Crippen LogP contribution < -0.4 is 4.89 Å². The van der Waals surface area contributed by atoms with Crippen molar-refractivity contribution in [3.63, 3.8) is 0 Å². The first-order valence-electron chi connectivity index (χ1n) is 24.0. The van der Waals surface area contributed by atoms with Gasteiger partial charge in [0.2, 0.25) is 0 Å². The van der Waals surface area contributed by atoms with Crippen molar-refractivity contribution in [3.05, 3.63) is 24.3 Å². The molecule has 0 saturated heterocycles. The van der Waals surface area contributed by atoms with Crippen LogP contribution in [-0.2, 0) is 32.7 Å². The van der Waals surface area contributed by atoms with Gasteiger partial charge in [-0.1, -0.05) is 167 Å². The molecule has 0 aromatic carbocycles. The fourth-order valence-corrected chi connectivity index (χ4v) is 7.37. The van der Waals surface area contributed by atoms with E-state index in [0.29, 0.717) is 17.4 Å². The largest absolute Gasteiger partial charge is 0.756 e. The Morgan fingerprint density at radius 1 is 0.517 bits per heavy atom. The van der Waals surface area contributed by atoms with Crippen LogP contribution in [0.3, 0.4) is 0 Å². The summed E-state index contributed by atoms with van der Waals surface area (Å²) in [4.78, 5) is 37.6. The average molecular weight is 842 g/mol. The fourth-order valence-electron chi connectivity index (χ4n) is 6.64. The number of unbranched alkanes of at least 4 members (excludes halogenated alkanes) is 26. The van der Waals surface area contributed by atoms with E-state index in [1.807, 2.05) is 21.1 Å². The standard InChI is InChI=1S/C48H92NO8P/c1-6-8-10-12-14-16-18-20-21-22-23-24-25-26-27-29-30-32-34-36-38-40-47(50)54-44-46(45-56-58(52,53)55-43-42-49(3,4)5)57-48(51)41-39-37-35-33-31-28-19-17-15-13-11-9-7-2/h20-21,28,31,46H,6-19,22-27,29-30,32-45H2,1-5H3/b21-20+,31-28+/t46-/m0/s1. The SMILES string of the molecule is CCCCCCCC/C=C/CCCCCCCCCCCCCC(=O)OC[C@@H](COP(=O)([O-])OCC[N+](C)(C)C)OC(=O)CCCCC/C=C/CCCCCCCC. The van der Waals surface area contributed by atoms with Crippen molar-refractivity contribution in [2.45, 2.75) is 225 Å². The van der Waals surface area contributed by atoms with E-state index in [1.165, 1.54) is 141 Å². The van der Waals surface area contributed by atoms with Gasteiger partial charge in [-0.3, -0.25) is 14.2 Å². The summed E-state index contributed by atoms with van der Waals surface area (Å²) in [6.07, 6.45) is 44.9. The first-order valence-corrected chi connectivity index (χ1v) is 25.5. The van der Waals surface area contributed by atoms with Gasteiger partial charge < -0.3 is 27.9 Å². The molecule has 0 radical (unpaired) electrons. The molecule has 0 fully saturated rings. The minimum atomic E-state index is -4.63. The zero-order chi connectivity index (χ0) is 42.8. The number of carbonyl (C=O) groups is 2. The van der Waals surface area contributed by atoms with E-state index in [1.54, 1.807) is 0 Å². The number of likely N-dealkylation sites (N-methyl/N-ethyl adjacent to an activating group) is 1. The normalized spacial score (nSPS) is 13.7. The van der Waals surface area contributed by atoms with Crippen molar-refractivity contribution in [2.24, 2.45) is 0 Å². The zero-order valence-electron chi connectivity index (χ0n) is 38.5. The number of hydrogen-bond acceptors (Lipinski definition) is 8. The molecule has 0 aliphatic carbocycles. The number of quaternary nitrogens is 1. The van der Waals surface area contributed by atoms with Crippen LogP contribution in [0.4, 0.5) is 0 Å². The lowest BCUT2D eigenvalue weighted by Gasteiger charge is -2.28. The first-order chi connectivity index (χ1) is 28.0. The highest BCUT2D eigenvalue weighted by Gasteiger charge is 2.21. The molecule has 0 aliphatic rings. The molecule has 9 nitrogen and oxygen atoms in total. The van der Waals surface area contributed by atoms with Gasteiger partial charge in [-0.15, -0.1) is 0 Å². The number of nitrogens with zero attached hydrogens (tertiary/aromatic N) is 1. The maximum atomic E-state index is 12.7. The number of phosphoric acid groups is 1. The van der Waals surface area contributed by atoms with Crippen LogP contribution >= 0.6 is 7.82 Å². The Hall–Kier alpha value is -1.51. The molecule has 342 valence electrons. The number of carbonyl (C=O) groups excluding carboxylic acids is 2. The van der Waals surface area contributed by atoms with Gasteiger partial charge in [-0.2, -0.15) is 0 Å². The van der Waals surface area contributed by atoms with Gasteiger partial charge in [0.05, 0.1) is 27.7 Å². The Kier molecular flexibility index (Phi) is 39.8. The second-order valence-corrected chi connectivity index (χ2v) is 18.9. The summed E-state index contributed by atoms with van der Waals surface area (Å²) >= 11 is 0. The number of allylic oxidation sites excluding steroid dienone is 4. The van der Waals surface area contributed by atoms with Gasteiger partial charge in [0.15, 0.2) is 6.10 Å². The number of rotatable bonds is 44. The summed E-state index contributed by atoms with van der Waals surface area (Å²) in [5.41, 5.74) is 0. The number of ether oxygens (including phenoxy) is 2. The van der Waals surface area contributed by atoms with Gasteiger partial charge in [0.25, 0.3) is 7.82 Å². The summed E-state index contributed by atoms with van der Waals surface area (Å²) in [7, 11) is 1.16. The molecule has 0 rings (SSSR count). The highest BCUT2D eigenvalue weighted by Crippen LogP contribution is 2.38. The third-order valence-corrected chi connectivity index (χ3v) is 11.4. The van der Waals surface area contributed by atoms with E-state index in [9.17, 15) is 19.0 Å². The Bertz CT molecular complexity index is 1040. The topological polar surface area (TPSA) is 111 Å². The Balaban J connectivity index is 4.24. The minimum Gasteiger partial charge on any atom is -0.756 e. The summed E-state index contributed by atoms with van der Waals surface area (Å²) in [6.45, 7) is 4.22. The molecule has 0 bridgehead atoms. The van der Waals surface area contributed by atoms with E-state index in [0.717, 1.165) is 44.9 Å². The molecule has 0 aromatic rings. The number of phosphoric ester groups is 1. The quantitative estimate of drug-likeness (QED) is 0.0196. The third-order valence-electron chi connectivity index (χ3n) is 10.4. The van der Waals surface area contributed by atoms with E-state index in [2.05, 4.69) is 38.2 Å². The lowest BCUT2D eigenvalue weighted by Crippen LogP contribution is -2.37. The molecule has 0 aliphatic heterocycles. The minimum absolute atomic E-state index is 0.0321. The second kappa shape index (κ2) is 40.9. The van der Waals surface area contributed by atoms with Gasteiger partial charge in [0.1, 0.15) is 19.8 Å². The predicted octanol–water partition coefficient (Wildman–Crippen LogP) is 13.3. The van der Waals surface area contributed by atoms with Crippen molar-refractivity contribution in [2.75, 3.05) is 47.5 Å². The average Bonchev–Trinajstić information content (AvgIpc) is 3.17. The molecule has 58 heavy (non-hydrogen) atoms. The Morgan fingerprint density at radius 3 is 1.29 bits per heavy atom. The van der Waals surface area contributed by atoms with Crippen molar-refractivity contribution in [1.29, 1.82) is 0 Å². The van der Waals surface area contributed by atoms with E-state index in [4.69, 9.17) is 18.5 Å². The molecule has 2 atom stereocenters. The van der Waals surface area contributed by atoms with Crippen molar-refractivity contribution in [1.82, 2.24) is 0 Å². The molecule has 0 heterocycles. The van der Waals surface area contributed by atoms with Crippen LogP contribution in [0.5, 0.6) is 0 Å². The third kappa shape index (κ3) is 44.1. The first kappa shape index (κ1) is 56.5. The Labute approximate surface area is 358 Å². The maximum absolute atomic E-state index is 12.7. The highest BCUT2D eigenvalue weighted by atomic mass is 31.2. The lowest BCUT2D eigenvalue weighted by atomic mass is 10.0. The monoisotopic (exact) mass is 842 g/mol. The smallest absolute Gasteiger partial charge is 0.306 e.